The number of ether oxygens (including phenoxy) is 1. The van der Waals surface area contributed by atoms with Gasteiger partial charge in [-0.05, 0) is 18.4 Å². The van der Waals surface area contributed by atoms with Gasteiger partial charge in [-0.2, -0.15) is 0 Å². The number of rotatable bonds is 5. The first-order valence-electron chi connectivity index (χ1n) is 5.02. The molecule has 0 atom stereocenters. The van der Waals surface area contributed by atoms with Crippen molar-refractivity contribution in [1.29, 1.82) is 0 Å². The molecule has 1 heterocycles. The Morgan fingerprint density at radius 3 is 3.07 bits per heavy atom. The number of hydrogen-bond acceptors (Lipinski definition) is 2. The number of hydrogen-bond donors (Lipinski definition) is 0. The van der Waals surface area contributed by atoms with E-state index in [-0.39, 0.29) is 0 Å². The van der Waals surface area contributed by atoms with E-state index >= 15 is 0 Å². The molecule has 0 saturated heterocycles. The predicted molar refractivity (Wildman–Crippen MR) is 56.6 cm³/mol. The average Bonchev–Trinajstić information content (AvgIpc) is 3.03. The van der Waals surface area contributed by atoms with E-state index in [0.717, 1.165) is 30.3 Å². The molecule has 14 heavy (non-hydrogen) atoms. The molecule has 1 fully saturated rings. The molecule has 1 saturated carbocycles. The van der Waals surface area contributed by atoms with Gasteiger partial charge in [-0.1, -0.05) is 12.8 Å². The van der Waals surface area contributed by atoms with Gasteiger partial charge in [-0.25, -0.2) is 0 Å². The quantitative estimate of drug-likeness (QED) is 0.699. The Bertz CT molecular complexity index is 299. The molecular formula is C11H14ClNO. The van der Waals surface area contributed by atoms with Crippen LogP contribution >= 0.6 is 11.6 Å². The smallest absolute Gasteiger partial charge is 0.141 e. The summed E-state index contributed by atoms with van der Waals surface area (Å²) in [7, 11) is 0. The van der Waals surface area contributed by atoms with Gasteiger partial charge < -0.3 is 4.74 Å². The minimum Gasteiger partial charge on any atom is -0.492 e. The van der Waals surface area contributed by atoms with E-state index in [1.807, 2.05) is 6.07 Å². The first kappa shape index (κ1) is 9.78. The molecule has 76 valence electrons. The lowest BCUT2D eigenvalue weighted by molar-refractivity contribution is 0.299. The average molecular weight is 212 g/mol. The van der Waals surface area contributed by atoms with Gasteiger partial charge in [0.2, 0.25) is 0 Å². The van der Waals surface area contributed by atoms with Crippen molar-refractivity contribution < 1.29 is 4.74 Å². The molecule has 0 aromatic carbocycles. The van der Waals surface area contributed by atoms with Gasteiger partial charge >= 0.3 is 0 Å². The number of nitrogens with zero attached hydrogens (tertiary/aromatic N) is 1. The van der Waals surface area contributed by atoms with Gasteiger partial charge in [-0.15, -0.1) is 11.6 Å². The second-order valence-electron chi connectivity index (χ2n) is 3.70. The zero-order chi connectivity index (χ0) is 9.80. The van der Waals surface area contributed by atoms with Crippen LogP contribution < -0.4 is 4.74 Å². The lowest BCUT2D eigenvalue weighted by atomic mass is 10.3. The standard InChI is InChI=1S/C11H14ClNO/c12-7-10-3-5-13-8-11(10)14-6-4-9-1-2-9/h3,5,8-9H,1-2,4,6-7H2. The minimum absolute atomic E-state index is 0.487. The van der Waals surface area contributed by atoms with Gasteiger partial charge in [0, 0.05) is 11.8 Å². The molecule has 0 unspecified atom stereocenters. The fraction of sp³-hybridized carbons (Fsp3) is 0.545. The first-order chi connectivity index (χ1) is 6.90. The van der Waals surface area contributed by atoms with Crippen molar-refractivity contribution >= 4 is 11.6 Å². The molecule has 0 bridgehead atoms. The Labute approximate surface area is 89.3 Å². The van der Waals surface area contributed by atoms with Crippen LogP contribution in [0, 0.1) is 5.92 Å². The van der Waals surface area contributed by atoms with Crippen LogP contribution in [0.4, 0.5) is 0 Å². The van der Waals surface area contributed by atoms with Crippen LogP contribution in [0.5, 0.6) is 5.75 Å². The fourth-order valence-corrected chi connectivity index (χ4v) is 1.61. The molecule has 1 aromatic heterocycles. The highest BCUT2D eigenvalue weighted by Crippen LogP contribution is 2.32. The topological polar surface area (TPSA) is 22.1 Å². The van der Waals surface area contributed by atoms with Crippen LogP contribution in [0.15, 0.2) is 18.5 Å². The Hall–Kier alpha value is -0.760. The van der Waals surface area contributed by atoms with Gasteiger partial charge in [0.25, 0.3) is 0 Å². The second kappa shape index (κ2) is 4.65. The largest absolute Gasteiger partial charge is 0.492 e. The second-order valence-corrected chi connectivity index (χ2v) is 3.96. The van der Waals surface area contributed by atoms with Crippen LogP contribution in [0.25, 0.3) is 0 Å². The van der Waals surface area contributed by atoms with Crippen LogP contribution in [0.2, 0.25) is 0 Å². The highest BCUT2D eigenvalue weighted by atomic mass is 35.5. The van der Waals surface area contributed by atoms with Crippen molar-refractivity contribution in [2.75, 3.05) is 6.61 Å². The van der Waals surface area contributed by atoms with Crippen LogP contribution in [-0.4, -0.2) is 11.6 Å². The van der Waals surface area contributed by atoms with E-state index in [2.05, 4.69) is 4.98 Å². The normalized spacial score (nSPS) is 15.5. The maximum atomic E-state index is 5.78. The van der Waals surface area contributed by atoms with E-state index in [1.54, 1.807) is 12.4 Å². The summed E-state index contributed by atoms with van der Waals surface area (Å²) in [6, 6.07) is 1.90. The Balaban J connectivity index is 1.86. The van der Waals surface area contributed by atoms with Gasteiger partial charge in [0.05, 0.1) is 18.7 Å². The van der Waals surface area contributed by atoms with E-state index in [1.165, 1.54) is 12.8 Å². The van der Waals surface area contributed by atoms with Gasteiger partial charge in [0.1, 0.15) is 5.75 Å². The Kier molecular flexibility index (Phi) is 3.25. The van der Waals surface area contributed by atoms with E-state index in [4.69, 9.17) is 16.3 Å². The van der Waals surface area contributed by atoms with Crippen molar-refractivity contribution in [2.45, 2.75) is 25.1 Å². The predicted octanol–water partition coefficient (Wildman–Crippen LogP) is 3.00. The van der Waals surface area contributed by atoms with E-state index < -0.39 is 0 Å². The number of aromatic nitrogens is 1. The van der Waals surface area contributed by atoms with Crippen molar-refractivity contribution in [1.82, 2.24) is 4.98 Å². The summed E-state index contributed by atoms with van der Waals surface area (Å²) in [5.74, 6) is 2.23. The third kappa shape index (κ3) is 2.61. The maximum Gasteiger partial charge on any atom is 0.141 e. The lowest BCUT2D eigenvalue weighted by Crippen LogP contribution is -2.00. The van der Waals surface area contributed by atoms with Crippen LogP contribution in [0.1, 0.15) is 24.8 Å². The summed E-state index contributed by atoms with van der Waals surface area (Å²) in [4.78, 5) is 4.02. The SMILES string of the molecule is ClCc1ccncc1OCCC1CC1. The third-order valence-corrected chi connectivity index (χ3v) is 2.78. The number of pyridine rings is 1. The van der Waals surface area contributed by atoms with Crippen molar-refractivity contribution in [3.8, 4) is 5.75 Å². The Morgan fingerprint density at radius 2 is 2.36 bits per heavy atom. The van der Waals surface area contributed by atoms with E-state index in [0.29, 0.717) is 5.88 Å². The molecule has 2 rings (SSSR count). The highest BCUT2D eigenvalue weighted by Gasteiger charge is 2.20. The molecule has 1 aliphatic carbocycles. The van der Waals surface area contributed by atoms with Crippen molar-refractivity contribution in [2.24, 2.45) is 5.92 Å². The number of halogens is 1. The van der Waals surface area contributed by atoms with E-state index in [9.17, 15) is 0 Å². The molecule has 1 aliphatic rings. The molecule has 0 N–H and O–H groups in total. The third-order valence-electron chi connectivity index (χ3n) is 2.49. The monoisotopic (exact) mass is 211 g/mol. The molecule has 1 aromatic rings. The van der Waals surface area contributed by atoms with Crippen molar-refractivity contribution in [3.63, 3.8) is 0 Å². The number of alkyl halides is 1. The van der Waals surface area contributed by atoms with Crippen LogP contribution in [0.3, 0.4) is 0 Å². The summed E-state index contributed by atoms with van der Waals surface area (Å²) in [6.45, 7) is 0.792. The zero-order valence-electron chi connectivity index (χ0n) is 8.08. The Morgan fingerprint density at radius 1 is 1.50 bits per heavy atom. The molecule has 0 spiro atoms. The fourth-order valence-electron chi connectivity index (χ4n) is 1.39. The molecule has 0 amide bonds. The van der Waals surface area contributed by atoms with Gasteiger partial charge in [0.15, 0.2) is 0 Å². The molecular weight excluding hydrogens is 198 g/mol. The zero-order valence-corrected chi connectivity index (χ0v) is 8.83. The first-order valence-corrected chi connectivity index (χ1v) is 5.55. The van der Waals surface area contributed by atoms with Gasteiger partial charge in [-0.3, -0.25) is 4.98 Å². The molecule has 3 heteroatoms. The summed E-state index contributed by atoms with van der Waals surface area (Å²) in [5, 5.41) is 0. The molecule has 0 radical (unpaired) electrons. The summed E-state index contributed by atoms with van der Waals surface area (Å²) in [5.41, 5.74) is 1.03. The maximum absolute atomic E-state index is 5.78. The lowest BCUT2D eigenvalue weighted by Gasteiger charge is -2.08. The molecule has 0 aliphatic heterocycles. The summed E-state index contributed by atoms with van der Waals surface area (Å²) < 4.78 is 5.63. The van der Waals surface area contributed by atoms with Crippen LogP contribution in [-0.2, 0) is 5.88 Å². The van der Waals surface area contributed by atoms with Crippen molar-refractivity contribution in [3.05, 3.63) is 24.0 Å². The summed E-state index contributed by atoms with van der Waals surface area (Å²) >= 11 is 5.78. The summed E-state index contributed by atoms with van der Waals surface area (Å²) in [6.07, 6.45) is 7.39. The minimum atomic E-state index is 0.487. The molecule has 2 nitrogen and oxygen atoms in total. The highest BCUT2D eigenvalue weighted by molar-refractivity contribution is 6.17.